The third-order valence-electron chi connectivity index (χ3n) is 2.23. The summed E-state index contributed by atoms with van der Waals surface area (Å²) in [4.78, 5) is 0.0297. The van der Waals surface area contributed by atoms with Crippen LogP contribution in [-0.2, 0) is 26.7 Å². The van der Waals surface area contributed by atoms with Gasteiger partial charge in [-0.25, -0.2) is 23.0 Å². The molecule has 0 aromatic heterocycles. The van der Waals surface area contributed by atoms with Crippen LogP contribution in [0, 0.1) is 0 Å². The number of nitrogens with one attached hydrogen (secondary N) is 2. The molecule has 7 nitrogen and oxygen atoms in total. The maximum atomic E-state index is 11.1. The van der Waals surface area contributed by atoms with Crippen LogP contribution in [0.2, 0.25) is 0 Å². The lowest BCUT2D eigenvalue weighted by Gasteiger charge is -2.05. The van der Waals surface area contributed by atoms with E-state index in [1.807, 2.05) is 0 Å². The van der Waals surface area contributed by atoms with Gasteiger partial charge in [-0.2, -0.15) is 8.42 Å². The summed E-state index contributed by atoms with van der Waals surface area (Å²) in [6, 6.07) is 5.95. The highest BCUT2D eigenvalue weighted by Crippen LogP contribution is 2.08. The van der Waals surface area contributed by atoms with Crippen LogP contribution in [0.3, 0.4) is 0 Å². The van der Waals surface area contributed by atoms with Crippen LogP contribution in [0.5, 0.6) is 0 Å². The van der Waals surface area contributed by atoms with Crippen molar-refractivity contribution in [1.82, 2.24) is 9.44 Å². The predicted molar refractivity (Wildman–Crippen MR) is 67.5 cm³/mol. The number of primary sulfonamides is 1. The number of hydrogen-bond donors (Lipinski definition) is 3. The van der Waals surface area contributed by atoms with Crippen molar-refractivity contribution in [2.75, 3.05) is 13.6 Å². The van der Waals surface area contributed by atoms with E-state index in [1.54, 1.807) is 12.1 Å². The molecule has 0 heterocycles. The third kappa shape index (κ3) is 4.70. The molecule has 1 aromatic rings. The van der Waals surface area contributed by atoms with Gasteiger partial charge in [0.25, 0.3) is 10.2 Å². The highest BCUT2D eigenvalue weighted by molar-refractivity contribution is 7.89. The van der Waals surface area contributed by atoms with Crippen molar-refractivity contribution in [2.24, 2.45) is 5.14 Å². The molecular formula is C9H15N3O4S2. The quantitative estimate of drug-likeness (QED) is 0.619. The lowest BCUT2D eigenvalue weighted by atomic mass is 10.2. The van der Waals surface area contributed by atoms with Gasteiger partial charge in [0.1, 0.15) is 0 Å². The van der Waals surface area contributed by atoms with Gasteiger partial charge in [-0.1, -0.05) is 12.1 Å². The normalized spacial score (nSPS) is 12.6. The van der Waals surface area contributed by atoms with Gasteiger partial charge in [0.05, 0.1) is 4.90 Å². The highest BCUT2D eigenvalue weighted by Gasteiger charge is 2.07. The maximum absolute atomic E-state index is 11.1. The largest absolute Gasteiger partial charge is 0.276 e. The monoisotopic (exact) mass is 293 g/mol. The lowest BCUT2D eigenvalue weighted by molar-refractivity contribution is 0.573. The highest BCUT2D eigenvalue weighted by atomic mass is 32.2. The zero-order valence-corrected chi connectivity index (χ0v) is 11.4. The minimum absolute atomic E-state index is 0.0297. The van der Waals surface area contributed by atoms with E-state index in [9.17, 15) is 16.8 Å². The number of benzene rings is 1. The number of sulfonamides is 1. The van der Waals surface area contributed by atoms with E-state index < -0.39 is 20.2 Å². The fraction of sp³-hybridized carbons (Fsp3) is 0.333. The summed E-state index contributed by atoms with van der Waals surface area (Å²) in [7, 11) is -5.82. The van der Waals surface area contributed by atoms with Crippen molar-refractivity contribution >= 4 is 20.2 Å². The van der Waals surface area contributed by atoms with Crippen LogP contribution in [0.15, 0.2) is 29.2 Å². The molecule has 0 bridgehead atoms. The molecule has 0 aliphatic heterocycles. The Kier molecular flexibility index (Phi) is 4.82. The average Bonchev–Trinajstić information content (AvgIpc) is 2.28. The van der Waals surface area contributed by atoms with E-state index in [0.29, 0.717) is 6.42 Å². The van der Waals surface area contributed by atoms with Crippen LogP contribution >= 0.6 is 0 Å². The summed E-state index contributed by atoms with van der Waals surface area (Å²) in [5.41, 5.74) is 0.807. The van der Waals surface area contributed by atoms with E-state index in [-0.39, 0.29) is 11.4 Å². The van der Waals surface area contributed by atoms with Crippen LogP contribution in [0.25, 0.3) is 0 Å². The van der Waals surface area contributed by atoms with E-state index >= 15 is 0 Å². The molecule has 9 heteroatoms. The van der Waals surface area contributed by atoms with Gasteiger partial charge < -0.3 is 0 Å². The summed E-state index contributed by atoms with van der Waals surface area (Å²) in [6.07, 6.45) is 0.450. The standard InChI is InChI=1S/C9H15N3O4S2/c1-11-18(15,16)12-7-6-8-2-4-9(5-3-8)17(10,13)14/h2-5,11-12H,6-7H2,1H3,(H2,10,13,14). The second-order valence-electron chi connectivity index (χ2n) is 3.54. The van der Waals surface area contributed by atoms with E-state index in [0.717, 1.165) is 5.56 Å². The van der Waals surface area contributed by atoms with Crippen molar-refractivity contribution < 1.29 is 16.8 Å². The summed E-state index contributed by atoms with van der Waals surface area (Å²) < 4.78 is 48.6. The molecule has 0 radical (unpaired) electrons. The summed E-state index contributed by atoms with van der Waals surface area (Å²) in [5, 5.41) is 4.95. The summed E-state index contributed by atoms with van der Waals surface area (Å²) in [6.45, 7) is 0.220. The zero-order chi connectivity index (χ0) is 13.8. The summed E-state index contributed by atoms with van der Waals surface area (Å²) >= 11 is 0. The van der Waals surface area contributed by atoms with Crippen molar-refractivity contribution in [2.45, 2.75) is 11.3 Å². The zero-order valence-electron chi connectivity index (χ0n) is 9.75. The first kappa shape index (κ1) is 15.1. The Morgan fingerprint density at radius 2 is 1.67 bits per heavy atom. The molecule has 0 aliphatic carbocycles. The van der Waals surface area contributed by atoms with Crippen molar-refractivity contribution in [3.8, 4) is 0 Å². The molecule has 0 amide bonds. The first-order chi connectivity index (χ1) is 8.24. The fourth-order valence-corrected chi connectivity index (χ4v) is 2.28. The third-order valence-corrected chi connectivity index (χ3v) is 4.28. The van der Waals surface area contributed by atoms with Crippen molar-refractivity contribution in [3.63, 3.8) is 0 Å². The van der Waals surface area contributed by atoms with Crippen LogP contribution in [0.4, 0.5) is 0 Å². The smallest absolute Gasteiger partial charge is 0.225 e. The first-order valence-corrected chi connectivity index (χ1v) is 8.07. The molecule has 1 aromatic carbocycles. The van der Waals surface area contributed by atoms with Crippen LogP contribution in [0.1, 0.15) is 5.56 Å². The topological polar surface area (TPSA) is 118 Å². The minimum Gasteiger partial charge on any atom is -0.225 e. The Morgan fingerprint density at radius 3 is 2.11 bits per heavy atom. The minimum atomic E-state index is -3.69. The second kappa shape index (κ2) is 5.76. The SMILES string of the molecule is CNS(=O)(=O)NCCc1ccc(S(N)(=O)=O)cc1. The molecule has 4 N–H and O–H groups in total. The van der Waals surface area contributed by atoms with Crippen LogP contribution < -0.4 is 14.6 Å². The van der Waals surface area contributed by atoms with Gasteiger partial charge in [0.2, 0.25) is 10.0 Å². The molecule has 0 saturated carbocycles. The Balaban J connectivity index is 2.61. The molecule has 1 rings (SSSR count). The molecule has 0 fully saturated rings. The Hall–Kier alpha value is -1.00. The molecule has 0 atom stereocenters. The molecule has 0 aliphatic rings. The lowest BCUT2D eigenvalue weighted by Crippen LogP contribution is -2.35. The Labute approximate surface area is 107 Å². The Bertz CT molecular complexity index is 593. The predicted octanol–water partition coefficient (Wildman–Crippen LogP) is -1.07. The van der Waals surface area contributed by atoms with Crippen molar-refractivity contribution in [1.29, 1.82) is 0 Å². The molecule has 0 unspecified atom stereocenters. The number of rotatable bonds is 6. The maximum Gasteiger partial charge on any atom is 0.276 e. The Morgan fingerprint density at radius 1 is 1.11 bits per heavy atom. The summed E-state index contributed by atoms with van der Waals surface area (Å²) in [5.74, 6) is 0. The van der Waals surface area contributed by atoms with Gasteiger partial charge in [-0.15, -0.1) is 0 Å². The van der Waals surface area contributed by atoms with E-state index in [2.05, 4.69) is 9.44 Å². The fourth-order valence-electron chi connectivity index (χ4n) is 1.25. The number of nitrogens with two attached hydrogens (primary N) is 1. The van der Waals surface area contributed by atoms with Crippen LogP contribution in [-0.4, -0.2) is 30.4 Å². The van der Waals surface area contributed by atoms with Gasteiger partial charge in [0.15, 0.2) is 0 Å². The van der Waals surface area contributed by atoms with Gasteiger partial charge >= 0.3 is 0 Å². The molecule has 102 valence electrons. The van der Waals surface area contributed by atoms with Gasteiger partial charge in [0, 0.05) is 13.6 Å². The van der Waals surface area contributed by atoms with E-state index in [4.69, 9.17) is 5.14 Å². The first-order valence-electron chi connectivity index (χ1n) is 5.04. The second-order valence-corrected chi connectivity index (χ2v) is 6.81. The van der Waals surface area contributed by atoms with Gasteiger partial charge in [-0.05, 0) is 24.1 Å². The molecule has 18 heavy (non-hydrogen) atoms. The molecular weight excluding hydrogens is 278 g/mol. The molecule has 0 saturated heterocycles. The molecule has 0 spiro atoms. The average molecular weight is 293 g/mol. The van der Waals surface area contributed by atoms with Gasteiger partial charge in [-0.3, -0.25) is 0 Å². The van der Waals surface area contributed by atoms with E-state index in [1.165, 1.54) is 19.2 Å². The number of hydrogen-bond acceptors (Lipinski definition) is 4. The van der Waals surface area contributed by atoms with Crippen molar-refractivity contribution in [3.05, 3.63) is 29.8 Å².